The second kappa shape index (κ2) is 6.59. The number of carbonyl (C=O) groups is 1. The fourth-order valence-corrected chi connectivity index (χ4v) is 2.61. The number of anilines is 1. The molecule has 0 unspecified atom stereocenters. The molecule has 0 saturated carbocycles. The fraction of sp³-hybridized carbons (Fsp3) is 0.154. The third kappa shape index (κ3) is 3.96. The van der Waals surface area contributed by atoms with E-state index in [-0.39, 0.29) is 16.8 Å². The van der Waals surface area contributed by atoms with Crippen LogP contribution in [0.4, 0.5) is 9.52 Å². The molecule has 0 aliphatic rings. The predicted octanol–water partition coefficient (Wildman–Crippen LogP) is 2.79. The molecule has 2 N–H and O–H groups in total. The van der Waals surface area contributed by atoms with E-state index in [9.17, 15) is 9.18 Å². The molecule has 21 heavy (non-hydrogen) atoms. The highest BCUT2D eigenvalue weighted by Gasteiger charge is 2.09. The summed E-state index contributed by atoms with van der Waals surface area (Å²) in [6, 6.07) is 4.61. The van der Waals surface area contributed by atoms with E-state index in [4.69, 9.17) is 17.0 Å². The van der Waals surface area contributed by atoms with Crippen molar-refractivity contribution in [3.05, 3.63) is 29.4 Å². The van der Waals surface area contributed by atoms with Crippen LogP contribution in [0.3, 0.4) is 0 Å². The van der Waals surface area contributed by atoms with Crippen molar-refractivity contribution in [1.29, 1.82) is 0 Å². The molecular weight excluding hydrogens is 313 g/mol. The maximum atomic E-state index is 13.7. The number of hydrogen-bond donors (Lipinski definition) is 2. The molecule has 0 saturated heterocycles. The first-order valence-corrected chi connectivity index (χ1v) is 7.16. The monoisotopic (exact) mass is 325 g/mol. The Labute approximate surface area is 130 Å². The fourth-order valence-electron chi connectivity index (χ4n) is 1.58. The zero-order valence-electron chi connectivity index (χ0n) is 11.3. The Hall–Kier alpha value is -2.06. The third-order valence-electron chi connectivity index (χ3n) is 2.46. The van der Waals surface area contributed by atoms with E-state index in [2.05, 4.69) is 15.6 Å². The van der Waals surface area contributed by atoms with Gasteiger partial charge in [0.2, 0.25) is 5.91 Å². The number of thiocarbonyl (C=S) groups is 1. The van der Waals surface area contributed by atoms with Gasteiger partial charge in [-0.1, -0.05) is 0 Å². The molecule has 0 aliphatic heterocycles. The molecule has 0 atom stereocenters. The van der Waals surface area contributed by atoms with Crippen molar-refractivity contribution in [2.45, 2.75) is 6.92 Å². The summed E-state index contributed by atoms with van der Waals surface area (Å²) in [6.07, 6.45) is 0. The Balaban J connectivity index is 2.14. The number of methoxy groups -OCH3 is 1. The standard InChI is InChI=1S/C13H12FN3O2S2/c1-7(18)15-12(20)17-13-16-10(6-21-13)8-3-4-11(19-2)9(14)5-8/h3-6H,1-2H3,(H2,15,16,17,18,20). The Morgan fingerprint density at radius 3 is 2.86 bits per heavy atom. The zero-order chi connectivity index (χ0) is 15.4. The summed E-state index contributed by atoms with van der Waals surface area (Å²) in [5, 5.41) is 7.67. The van der Waals surface area contributed by atoms with Gasteiger partial charge in [-0.15, -0.1) is 11.3 Å². The SMILES string of the molecule is COc1ccc(-c2csc(NC(=S)NC(C)=O)n2)cc1F. The number of halogens is 1. The van der Waals surface area contributed by atoms with Gasteiger partial charge in [0, 0.05) is 17.9 Å². The Kier molecular flexibility index (Phi) is 4.81. The molecule has 0 spiro atoms. The summed E-state index contributed by atoms with van der Waals surface area (Å²) in [5.74, 6) is -0.535. The number of nitrogens with zero attached hydrogens (tertiary/aromatic N) is 1. The van der Waals surface area contributed by atoms with E-state index in [1.165, 1.54) is 31.4 Å². The molecule has 2 rings (SSSR count). The lowest BCUT2D eigenvalue weighted by molar-refractivity contribution is -0.117. The van der Waals surface area contributed by atoms with E-state index >= 15 is 0 Å². The van der Waals surface area contributed by atoms with E-state index in [0.29, 0.717) is 16.4 Å². The second-order valence-corrected chi connectivity index (χ2v) is 5.29. The minimum atomic E-state index is -0.453. The number of ether oxygens (including phenoxy) is 1. The van der Waals surface area contributed by atoms with Crippen LogP contribution in [0, 0.1) is 5.82 Å². The van der Waals surface area contributed by atoms with E-state index in [0.717, 1.165) is 0 Å². The van der Waals surface area contributed by atoms with Gasteiger partial charge in [0.15, 0.2) is 21.8 Å². The lowest BCUT2D eigenvalue weighted by Gasteiger charge is -2.04. The number of carbonyl (C=O) groups excluding carboxylic acids is 1. The van der Waals surface area contributed by atoms with Crippen LogP contribution in [0.25, 0.3) is 11.3 Å². The lowest BCUT2D eigenvalue weighted by Crippen LogP contribution is -2.32. The second-order valence-electron chi connectivity index (χ2n) is 4.02. The molecule has 1 aromatic carbocycles. The summed E-state index contributed by atoms with van der Waals surface area (Å²) in [6.45, 7) is 1.36. The van der Waals surface area contributed by atoms with Gasteiger partial charge in [-0.3, -0.25) is 4.79 Å². The number of nitrogens with one attached hydrogen (secondary N) is 2. The Morgan fingerprint density at radius 2 is 2.24 bits per heavy atom. The van der Waals surface area contributed by atoms with Gasteiger partial charge in [0.05, 0.1) is 12.8 Å². The molecule has 2 aromatic rings. The van der Waals surface area contributed by atoms with Crippen LogP contribution in [0.2, 0.25) is 0 Å². The highest BCUT2D eigenvalue weighted by Crippen LogP contribution is 2.28. The normalized spacial score (nSPS) is 10.0. The number of aromatic nitrogens is 1. The van der Waals surface area contributed by atoms with Crippen LogP contribution in [0.5, 0.6) is 5.75 Å². The number of rotatable bonds is 3. The van der Waals surface area contributed by atoms with E-state index in [1.54, 1.807) is 17.5 Å². The van der Waals surface area contributed by atoms with Gasteiger partial charge in [0.1, 0.15) is 0 Å². The van der Waals surface area contributed by atoms with Crippen LogP contribution in [-0.2, 0) is 4.79 Å². The first-order valence-electron chi connectivity index (χ1n) is 5.87. The maximum absolute atomic E-state index is 13.7. The number of thiazole rings is 1. The molecule has 1 aromatic heterocycles. The van der Waals surface area contributed by atoms with Crippen molar-refractivity contribution in [2.24, 2.45) is 0 Å². The molecule has 0 bridgehead atoms. The molecule has 1 amide bonds. The highest BCUT2D eigenvalue weighted by molar-refractivity contribution is 7.80. The largest absolute Gasteiger partial charge is 0.494 e. The van der Waals surface area contributed by atoms with Crippen molar-refractivity contribution in [3.63, 3.8) is 0 Å². The highest BCUT2D eigenvalue weighted by atomic mass is 32.1. The smallest absolute Gasteiger partial charge is 0.222 e. The van der Waals surface area contributed by atoms with E-state index < -0.39 is 5.82 Å². The van der Waals surface area contributed by atoms with Crippen molar-refractivity contribution in [3.8, 4) is 17.0 Å². The van der Waals surface area contributed by atoms with Gasteiger partial charge in [-0.05, 0) is 30.4 Å². The van der Waals surface area contributed by atoms with Gasteiger partial charge >= 0.3 is 0 Å². The maximum Gasteiger partial charge on any atom is 0.222 e. The van der Waals surface area contributed by atoms with Crippen LogP contribution in [0.15, 0.2) is 23.6 Å². The molecule has 5 nitrogen and oxygen atoms in total. The summed E-state index contributed by atoms with van der Waals surface area (Å²) in [5.41, 5.74) is 1.23. The molecule has 110 valence electrons. The van der Waals surface area contributed by atoms with Crippen molar-refractivity contribution in [1.82, 2.24) is 10.3 Å². The number of hydrogen-bond acceptors (Lipinski definition) is 5. The average molecular weight is 325 g/mol. The number of benzene rings is 1. The summed E-state index contributed by atoms with van der Waals surface area (Å²) < 4.78 is 18.5. The molecule has 1 heterocycles. The van der Waals surface area contributed by atoms with Crippen molar-refractivity contribution < 1.29 is 13.9 Å². The topological polar surface area (TPSA) is 63.2 Å². The van der Waals surface area contributed by atoms with Gasteiger partial charge < -0.3 is 15.4 Å². The van der Waals surface area contributed by atoms with Gasteiger partial charge in [-0.2, -0.15) is 0 Å². The van der Waals surface area contributed by atoms with Crippen molar-refractivity contribution >= 4 is 39.7 Å². The Bertz CT molecular complexity index is 688. The first kappa shape index (κ1) is 15.3. The molecule has 0 radical (unpaired) electrons. The molecule has 0 fully saturated rings. The van der Waals surface area contributed by atoms with Crippen LogP contribution < -0.4 is 15.4 Å². The quantitative estimate of drug-likeness (QED) is 0.850. The van der Waals surface area contributed by atoms with Gasteiger partial charge in [-0.25, -0.2) is 9.37 Å². The minimum Gasteiger partial charge on any atom is -0.494 e. The van der Waals surface area contributed by atoms with E-state index in [1.807, 2.05) is 0 Å². The molecular formula is C13H12FN3O2S2. The zero-order valence-corrected chi connectivity index (χ0v) is 12.9. The molecule has 8 heteroatoms. The summed E-state index contributed by atoms with van der Waals surface area (Å²) in [7, 11) is 1.41. The Morgan fingerprint density at radius 1 is 1.48 bits per heavy atom. The van der Waals surface area contributed by atoms with Crippen LogP contribution >= 0.6 is 23.6 Å². The predicted molar refractivity (Wildman–Crippen MR) is 84.1 cm³/mol. The molecule has 0 aliphatic carbocycles. The van der Waals surface area contributed by atoms with Crippen LogP contribution in [0.1, 0.15) is 6.92 Å². The summed E-state index contributed by atoms with van der Waals surface area (Å²) in [4.78, 5) is 15.1. The van der Waals surface area contributed by atoms with Crippen LogP contribution in [-0.4, -0.2) is 23.1 Å². The average Bonchev–Trinajstić information content (AvgIpc) is 2.86. The minimum absolute atomic E-state index is 0.171. The lowest BCUT2D eigenvalue weighted by atomic mass is 10.1. The third-order valence-corrected chi connectivity index (χ3v) is 3.42. The number of amides is 1. The first-order chi connectivity index (χ1) is 9.99. The van der Waals surface area contributed by atoms with Gasteiger partial charge in [0.25, 0.3) is 0 Å². The van der Waals surface area contributed by atoms with Crippen molar-refractivity contribution in [2.75, 3.05) is 12.4 Å². The summed E-state index contributed by atoms with van der Waals surface area (Å²) >= 11 is 6.24.